The minimum absolute atomic E-state index is 0.269. The second-order valence-electron chi connectivity index (χ2n) is 4.32. The number of aromatic hydroxyl groups is 2. The van der Waals surface area contributed by atoms with Gasteiger partial charge >= 0.3 is 0 Å². The molecule has 0 aliphatic carbocycles. The number of benzene rings is 2. The Labute approximate surface area is 108 Å². The van der Waals surface area contributed by atoms with E-state index in [0.717, 1.165) is 23.1 Å². The Hall–Kier alpha value is -1.96. The molecule has 94 valence electrons. The van der Waals surface area contributed by atoms with E-state index in [4.69, 9.17) is 0 Å². The van der Waals surface area contributed by atoms with Gasteiger partial charge in [-0.15, -0.1) is 0 Å². The van der Waals surface area contributed by atoms with Crippen molar-refractivity contribution in [3.8, 4) is 22.6 Å². The van der Waals surface area contributed by atoms with Crippen LogP contribution in [0.3, 0.4) is 0 Å². The predicted molar refractivity (Wildman–Crippen MR) is 74.0 cm³/mol. The van der Waals surface area contributed by atoms with Crippen LogP contribution in [0.1, 0.15) is 25.0 Å². The lowest BCUT2D eigenvalue weighted by Gasteiger charge is -2.15. The molecule has 0 aromatic heterocycles. The highest BCUT2D eigenvalue weighted by atomic mass is 16.3. The average Bonchev–Trinajstić information content (AvgIpc) is 2.41. The Kier molecular flexibility index (Phi) is 3.56. The van der Waals surface area contributed by atoms with Crippen molar-refractivity contribution in [2.75, 3.05) is 0 Å². The van der Waals surface area contributed by atoms with Gasteiger partial charge in [-0.2, -0.15) is 0 Å². The highest BCUT2D eigenvalue weighted by molar-refractivity contribution is 5.75. The molecule has 0 heterocycles. The van der Waals surface area contributed by atoms with Crippen LogP contribution in [0.4, 0.5) is 0 Å². The van der Waals surface area contributed by atoms with Crippen molar-refractivity contribution in [2.45, 2.75) is 26.7 Å². The molecule has 0 fully saturated rings. The lowest BCUT2D eigenvalue weighted by atomic mass is 9.94. The van der Waals surface area contributed by atoms with Crippen molar-refractivity contribution >= 4 is 0 Å². The fraction of sp³-hybridized carbons (Fsp3) is 0.250. The first kappa shape index (κ1) is 12.5. The van der Waals surface area contributed by atoms with Crippen LogP contribution >= 0.6 is 0 Å². The zero-order chi connectivity index (χ0) is 13.1. The molecule has 2 nitrogen and oxygen atoms in total. The van der Waals surface area contributed by atoms with E-state index in [1.807, 2.05) is 44.2 Å². The van der Waals surface area contributed by atoms with Gasteiger partial charge in [-0.05, 0) is 24.5 Å². The van der Waals surface area contributed by atoms with Crippen LogP contribution in [0.2, 0.25) is 0 Å². The van der Waals surface area contributed by atoms with Gasteiger partial charge in [0, 0.05) is 16.7 Å². The van der Waals surface area contributed by atoms with Crippen molar-refractivity contribution < 1.29 is 10.2 Å². The number of phenols is 2. The van der Waals surface area contributed by atoms with Gasteiger partial charge in [0.15, 0.2) is 0 Å². The van der Waals surface area contributed by atoms with Crippen molar-refractivity contribution in [1.29, 1.82) is 0 Å². The summed E-state index contributed by atoms with van der Waals surface area (Å²) >= 11 is 0. The summed E-state index contributed by atoms with van der Waals surface area (Å²) < 4.78 is 0. The summed E-state index contributed by atoms with van der Waals surface area (Å²) in [5, 5.41) is 20.4. The van der Waals surface area contributed by atoms with Crippen LogP contribution in [-0.2, 0) is 12.8 Å². The standard InChI is InChI=1S/C16H18O2/c1-3-12-13(4-2)16(18)14(10-15(12)17)11-8-6-5-7-9-11/h5-10,17-18H,3-4H2,1-2H3. The quantitative estimate of drug-likeness (QED) is 0.802. The maximum absolute atomic E-state index is 10.4. The SMILES string of the molecule is CCc1c(O)cc(-c2ccccc2)c(O)c1CC. The first-order valence-corrected chi connectivity index (χ1v) is 6.31. The molecule has 18 heavy (non-hydrogen) atoms. The van der Waals surface area contributed by atoms with Crippen molar-refractivity contribution in [1.82, 2.24) is 0 Å². The van der Waals surface area contributed by atoms with Crippen molar-refractivity contribution in [3.05, 3.63) is 47.5 Å². The molecule has 0 saturated carbocycles. The van der Waals surface area contributed by atoms with Gasteiger partial charge in [0.25, 0.3) is 0 Å². The molecule has 0 amide bonds. The average molecular weight is 242 g/mol. The fourth-order valence-electron chi connectivity index (χ4n) is 2.37. The topological polar surface area (TPSA) is 40.5 Å². The van der Waals surface area contributed by atoms with Crippen LogP contribution in [0, 0.1) is 0 Å². The van der Waals surface area contributed by atoms with Crippen LogP contribution in [0.15, 0.2) is 36.4 Å². The maximum Gasteiger partial charge on any atom is 0.127 e. The van der Waals surface area contributed by atoms with Crippen molar-refractivity contribution in [2.24, 2.45) is 0 Å². The maximum atomic E-state index is 10.4. The number of phenolic OH excluding ortho intramolecular Hbond substituents is 2. The minimum Gasteiger partial charge on any atom is -0.508 e. The lowest BCUT2D eigenvalue weighted by molar-refractivity contribution is 0.451. The van der Waals surface area contributed by atoms with E-state index in [2.05, 4.69) is 0 Å². The second kappa shape index (κ2) is 5.13. The zero-order valence-corrected chi connectivity index (χ0v) is 10.8. The van der Waals surface area contributed by atoms with Crippen LogP contribution in [0.5, 0.6) is 11.5 Å². The first-order valence-electron chi connectivity index (χ1n) is 6.31. The molecule has 0 aliphatic rings. The highest BCUT2D eigenvalue weighted by Crippen LogP contribution is 2.39. The molecule has 0 spiro atoms. The summed E-state index contributed by atoms with van der Waals surface area (Å²) in [5.74, 6) is 0.560. The number of rotatable bonds is 3. The Morgan fingerprint density at radius 1 is 0.889 bits per heavy atom. The molecular weight excluding hydrogens is 224 g/mol. The molecule has 0 saturated heterocycles. The third kappa shape index (κ3) is 2.06. The van der Waals surface area contributed by atoms with E-state index in [1.54, 1.807) is 6.07 Å². The third-order valence-electron chi connectivity index (χ3n) is 3.29. The van der Waals surface area contributed by atoms with Gasteiger partial charge in [0.1, 0.15) is 11.5 Å². The highest BCUT2D eigenvalue weighted by Gasteiger charge is 2.15. The summed E-state index contributed by atoms with van der Waals surface area (Å²) in [4.78, 5) is 0. The van der Waals surface area contributed by atoms with Gasteiger partial charge in [-0.1, -0.05) is 44.2 Å². The molecule has 2 aromatic rings. The number of hydrogen-bond donors (Lipinski definition) is 2. The molecule has 2 aromatic carbocycles. The van der Waals surface area contributed by atoms with E-state index in [9.17, 15) is 10.2 Å². The third-order valence-corrected chi connectivity index (χ3v) is 3.29. The van der Waals surface area contributed by atoms with Crippen molar-refractivity contribution in [3.63, 3.8) is 0 Å². The zero-order valence-electron chi connectivity index (χ0n) is 10.8. The first-order chi connectivity index (χ1) is 8.69. The van der Waals surface area contributed by atoms with E-state index < -0.39 is 0 Å². The molecule has 0 bridgehead atoms. The van der Waals surface area contributed by atoms with E-state index in [1.165, 1.54) is 0 Å². The van der Waals surface area contributed by atoms with Crippen LogP contribution < -0.4 is 0 Å². The van der Waals surface area contributed by atoms with Gasteiger partial charge < -0.3 is 10.2 Å². The normalized spacial score (nSPS) is 10.6. The van der Waals surface area contributed by atoms with E-state index in [-0.39, 0.29) is 5.75 Å². The largest absolute Gasteiger partial charge is 0.508 e. The molecule has 0 unspecified atom stereocenters. The molecule has 0 aliphatic heterocycles. The summed E-state index contributed by atoms with van der Waals surface area (Å²) in [6.45, 7) is 3.97. The Bertz CT molecular complexity index is 545. The molecule has 2 rings (SSSR count). The number of hydrogen-bond acceptors (Lipinski definition) is 2. The summed E-state index contributed by atoms with van der Waals surface area (Å²) in [6, 6.07) is 11.3. The minimum atomic E-state index is 0.269. The summed E-state index contributed by atoms with van der Waals surface area (Å²) in [6.07, 6.45) is 1.43. The molecule has 0 radical (unpaired) electrons. The Morgan fingerprint density at radius 3 is 2.06 bits per heavy atom. The Balaban J connectivity index is 2.67. The van der Waals surface area contributed by atoms with Gasteiger partial charge in [0.2, 0.25) is 0 Å². The fourth-order valence-corrected chi connectivity index (χ4v) is 2.37. The smallest absolute Gasteiger partial charge is 0.127 e. The summed E-state index contributed by atoms with van der Waals surface area (Å²) in [5.41, 5.74) is 3.30. The molecule has 0 atom stereocenters. The Morgan fingerprint density at radius 2 is 1.50 bits per heavy atom. The molecular formula is C16H18O2. The summed E-state index contributed by atoms with van der Waals surface area (Å²) in [7, 11) is 0. The van der Waals surface area contributed by atoms with Gasteiger partial charge in [-0.3, -0.25) is 0 Å². The van der Waals surface area contributed by atoms with Gasteiger partial charge in [-0.25, -0.2) is 0 Å². The van der Waals surface area contributed by atoms with Gasteiger partial charge in [0.05, 0.1) is 0 Å². The monoisotopic (exact) mass is 242 g/mol. The van der Waals surface area contributed by atoms with Crippen LogP contribution in [0.25, 0.3) is 11.1 Å². The second-order valence-corrected chi connectivity index (χ2v) is 4.32. The van der Waals surface area contributed by atoms with Crippen LogP contribution in [-0.4, -0.2) is 10.2 Å². The molecule has 2 N–H and O–H groups in total. The predicted octanol–water partition coefficient (Wildman–Crippen LogP) is 3.89. The van der Waals surface area contributed by atoms with E-state index in [0.29, 0.717) is 17.7 Å². The molecule has 2 heteroatoms. The lowest BCUT2D eigenvalue weighted by Crippen LogP contribution is -1.95. The van der Waals surface area contributed by atoms with E-state index >= 15 is 0 Å².